The molecule has 0 radical (unpaired) electrons. The molecule has 2 N–H and O–H groups in total. The molecule has 1 amide bonds. The summed E-state index contributed by atoms with van der Waals surface area (Å²) < 4.78 is 10.6. The average molecular weight is 288 g/mol. The normalized spacial score (nSPS) is 13.0. The van der Waals surface area contributed by atoms with E-state index < -0.39 is 0 Å². The van der Waals surface area contributed by atoms with Gasteiger partial charge in [-0.3, -0.25) is 4.79 Å². The molecular formula is C14H16N4O3. The Morgan fingerprint density at radius 3 is 3.19 bits per heavy atom. The highest BCUT2D eigenvalue weighted by molar-refractivity contribution is 5.98. The Morgan fingerprint density at radius 1 is 1.48 bits per heavy atom. The summed E-state index contributed by atoms with van der Waals surface area (Å²) in [6.45, 7) is 3.48. The molecule has 21 heavy (non-hydrogen) atoms. The number of aryl methyl sites for hydroxylation is 1. The van der Waals surface area contributed by atoms with Crippen LogP contribution in [-0.4, -0.2) is 35.7 Å². The van der Waals surface area contributed by atoms with Crippen molar-refractivity contribution in [3.05, 3.63) is 35.5 Å². The standard InChI is InChI=1S/C14H16N4O3/c1-9-17-12(21-18-9)5-6-16-14(19)10-3-2-4-11-13(10)20-8-7-15-11/h2-4,15H,5-8H2,1H3,(H,16,19). The summed E-state index contributed by atoms with van der Waals surface area (Å²) in [5.41, 5.74) is 1.38. The van der Waals surface area contributed by atoms with Crippen LogP contribution in [0.15, 0.2) is 22.7 Å². The third-order valence-corrected chi connectivity index (χ3v) is 3.12. The average Bonchev–Trinajstić information content (AvgIpc) is 2.92. The maximum absolute atomic E-state index is 12.2. The van der Waals surface area contributed by atoms with Gasteiger partial charge in [-0.15, -0.1) is 0 Å². The molecule has 0 fully saturated rings. The van der Waals surface area contributed by atoms with E-state index in [2.05, 4.69) is 20.8 Å². The quantitative estimate of drug-likeness (QED) is 0.877. The first-order chi connectivity index (χ1) is 10.2. The fraction of sp³-hybridized carbons (Fsp3) is 0.357. The smallest absolute Gasteiger partial charge is 0.255 e. The number of carbonyl (C=O) groups excluding carboxylic acids is 1. The van der Waals surface area contributed by atoms with Crippen molar-refractivity contribution in [2.24, 2.45) is 0 Å². The number of benzene rings is 1. The number of anilines is 1. The Bertz CT molecular complexity index is 653. The monoisotopic (exact) mass is 288 g/mol. The molecule has 3 rings (SSSR count). The molecule has 1 aromatic heterocycles. The summed E-state index contributed by atoms with van der Waals surface area (Å²) in [7, 11) is 0. The Labute approximate surface area is 121 Å². The number of amides is 1. The lowest BCUT2D eigenvalue weighted by molar-refractivity contribution is 0.0949. The van der Waals surface area contributed by atoms with Crippen molar-refractivity contribution < 1.29 is 14.1 Å². The minimum atomic E-state index is -0.174. The van der Waals surface area contributed by atoms with Gasteiger partial charge in [-0.2, -0.15) is 4.98 Å². The van der Waals surface area contributed by atoms with Gasteiger partial charge in [-0.1, -0.05) is 11.2 Å². The lowest BCUT2D eigenvalue weighted by Crippen LogP contribution is -2.28. The number of aromatic nitrogens is 2. The molecule has 0 saturated carbocycles. The SMILES string of the molecule is Cc1noc(CCNC(=O)c2cccc3c2OCCN3)n1. The first kappa shape index (κ1) is 13.4. The van der Waals surface area contributed by atoms with Crippen LogP contribution in [0.3, 0.4) is 0 Å². The molecule has 2 heterocycles. The van der Waals surface area contributed by atoms with Crippen molar-refractivity contribution >= 4 is 11.6 Å². The van der Waals surface area contributed by atoms with Crippen LogP contribution in [0.4, 0.5) is 5.69 Å². The minimum absolute atomic E-state index is 0.174. The zero-order chi connectivity index (χ0) is 14.7. The van der Waals surface area contributed by atoms with Gasteiger partial charge < -0.3 is 19.9 Å². The van der Waals surface area contributed by atoms with Crippen molar-refractivity contribution in [1.82, 2.24) is 15.5 Å². The third-order valence-electron chi connectivity index (χ3n) is 3.12. The third kappa shape index (κ3) is 2.96. The van der Waals surface area contributed by atoms with Gasteiger partial charge >= 0.3 is 0 Å². The van der Waals surface area contributed by atoms with Crippen LogP contribution in [0.2, 0.25) is 0 Å². The fourth-order valence-corrected chi connectivity index (χ4v) is 2.17. The molecule has 7 heteroatoms. The van der Waals surface area contributed by atoms with Gasteiger partial charge in [0.1, 0.15) is 6.61 Å². The fourth-order valence-electron chi connectivity index (χ4n) is 2.17. The molecule has 110 valence electrons. The minimum Gasteiger partial charge on any atom is -0.489 e. The highest BCUT2D eigenvalue weighted by atomic mass is 16.5. The topological polar surface area (TPSA) is 89.3 Å². The second-order valence-corrected chi connectivity index (χ2v) is 4.70. The van der Waals surface area contributed by atoms with Crippen molar-refractivity contribution in [2.75, 3.05) is 25.0 Å². The summed E-state index contributed by atoms with van der Waals surface area (Å²) in [5.74, 6) is 1.54. The number of hydrogen-bond donors (Lipinski definition) is 2. The molecule has 0 bridgehead atoms. The predicted octanol–water partition coefficient (Wildman–Crippen LogP) is 1.15. The number of nitrogens with zero attached hydrogens (tertiary/aromatic N) is 2. The van der Waals surface area contributed by atoms with E-state index in [-0.39, 0.29) is 5.91 Å². The van der Waals surface area contributed by atoms with Gasteiger partial charge in [0.2, 0.25) is 5.89 Å². The van der Waals surface area contributed by atoms with Crippen LogP contribution in [0, 0.1) is 6.92 Å². The van der Waals surface area contributed by atoms with Crippen molar-refractivity contribution in [2.45, 2.75) is 13.3 Å². The van der Waals surface area contributed by atoms with Crippen LogP contribution >= 0.6 is 0 Å². The number of para-hydroxylation sites is 1. The van der Waals surface area contributed by atoms with Gasteiger partial charge in [-0.05, 0) is 19.1 Å². The van der Waals surface area contributed by atoms with E-state index in [1.165, 1.54) is 0 Å². The lowest BCUT2D eigenvalue weighted by Gasteiger charge is -2.21. The second-order valence-electron chi connectivity index (χ2n) is 4.70. The van der Waals surface area contributed by atoms with Gasteiger partial charge in [-0.25, -0.2) is 0 Å². The molecule has 2 aromatic rings. The largest absolute Gasteiger partial charge is 0.489 e. The van der Waals surface area contributed by atoms with E-state index in [4.69, 9.17) is 9.26 Å². The summed E-state index contributed by atoms with van der Waals surface area (Å²) in [6, 6.07) is 5.47. The second kappa shape index (κ2) is 5.82. The van der Waals surface area contributed by atoms with E-state index >= 15 is 0 Å². The first-order valence-electron chi connectivity index (χ1n) is 6.81. The zero-order valence-electron chi connectivity index (χ0n) is 11.7. The number of hydrogen-bond acceptors (Lipinski definition) is 6. The zero-order valence-corrected chi connectivity index (χ0v) is 11.7. The predicted molar refractivity (Wildman–Crippen MR) is 75.5 cm³/mol. The number of rotatable bonds is 4. The molecule has 0 spiro atoms. The van der Waals surface area contributed by atoms with Gasteiger partial charge in [0.15, 0.2) is 11.6 Å². The molecule has 1 aliphatic rings. The van der Waals surface area contributed by atoms with Crippen LogP contribution in [0.25, 0.3) is 0 Å². The Hall–Kier alpha value is -2.57. The van der Waals surface area contributed by atoms with E-state index in [9.17, 15) is 4.79 Å². The van der Waals surface area contributed by atoms with E-state index in [1.807, 2.05) is 12.1 Å². The summed E-state index contributed by atoms with van der Waals surface area (Å²) in [6.07, 6.45) is 0.501. The molecule has 0 aliphatic carbocycles. The Balaban J connectivity index is 1.63. The molecule has 0 saturated heterocycles. The van der Waals surface area contributed by atoms with E-state index in [1.54, 1.807) is 13.0 Å². The van der Waals surface area contributed by atoms with Gasteiger partial charge in [0.25, 0.3) is 5.91 Å². The summed E-state index contributed by atoms with van der Waals surface area (Å²) in [4.78, 5) is 16.3. The van der Waals surface area contributed by atoms with Gasteiger partial charge in [0.05, 0.1) is 11.3 Å². The highest BCUT2D eigenvalue weighted by Gasteiger charge is 2.18. The van der Waals surface area contributed by atoms with Gasteiger partial charge in [0, 0.05) is 19.5 Å². The molecule has 1 aliphatic heterocycles. The molecule has 1 aromatic carbocycles. The van der Waals surface area contributed by atoms with Crippen LogP contribution < -0.4 is 15.4 Å². The van der Waals surface area contributed by atoms with Crippen LogP contribution in [-0.2, 0) is 6.42 Å². The molecular weight excluding hydrogens is 272 g/mol. The first-order valence-corrected chi connectivity index (χ1v) is 6.81. The number of nitrogens with one attached hydrogen (secondary N) is 2. The Morgan fingerprint density at radius 2 is 2.38 bits per heavy atom. The molecule has 7 nitrogen and oxygen atoms in total. The number of carbonyl (C=O) groups is 1. The van der Waals surface area contributed by atoms with Crippen molar-refractivity contribution in [3.8, 4) is 5.75 Å². The number of fused-ring (bicyclic) bond motifs is 1. The maximum Gasteiger partial charge on any atom is 0.255 e. The van der Waals surface area contributed by atoms with Crippen LogP contribution in [0.5, 0.6) is 5.75 Å². The Kier molecular flexibility index (Phi) is 3.72. The summed E-state index contributed by atoms with van der Waals surface area (Å²) >= 11 is 0. The van der Waals surface area contributed by atoms with Crippen LogP contribution in [0.1, 0.15) is 22.1 Å². The molecule has 0 atom stereocenters. The maximum atomic E-state index is 12.2. The summed E-state index contributed by atoms with van der Waals surface area (Å²) in [5, 5.41) is 9.74. The lowest BCUT2D eigenvalue weighted by atomic mass is 10.1. The number of ether oxygens (including phenoxy) is 1. The van der Waals surface area contributed by atoms with Crippen molar-refractivity contribution in [1.29, 1.82) is 0 Å². The highest BCUT2D eigenvalue weighted by Crippen LogP contribution is 2.30. The molecule has 0 unspecified atom stereocenters. The van der Waals surface area contributed by atoms with E-state index in [0.717, 1.165) is 12.2 Å². The van der Waals surface area contributed by atoms with Crippen molar-refractivity contribution in [3.63, 3.8) is 0 Å². The van der Waals surface area contributed by atoms with E-state index in [0.29, 0.717) is 42.6 Å².